The largest absolute Gasteiger partial charge is 0.618 e. The molecule has 0 N–H and O–H groups in total. The van der Waals surface area contributed by atoms with Crippen molar-refractivity contribution in [2.45, 2.75) is 6.61 Å². The Bertz CT molecular complexity index is 1120. The molecule has 0 atom stereocenters. The van der Waals surface area contributed by atoms with Crippen molar-refractivity contribution < 1.29 is 28.5 Å². The third-order valence-corrected chi connectivity index (χ3v) is 5.14. The number of esters is 1. The lowest BCUT2D eigenvalue weighted by molar-refractivity contribution is -0.354. The van der Waals surface area contributed by atoms with Crippen LogP contribution >= 0.6 is 11.3 Å². The van der Waals surface area contributed by atoms with Gasteiger partial charge in [-0.3, -0.25) is 4.79 Å². The number of carbonyl (C=O) groups is 2. The fourth-order valence-electron chi connectivity index (χ4n) is 2.62. The van der Waals surface area contributed by atoms with E-state index in [0.717, 1.165) is 10.3 Å². The zero-order valence-electron chi connectivity index (χ0n) is 16.5. The minimum absolute atomic E-state index is 0.146. The van der Waals surface area contributed by atoms with E-state index in [4.69, 9.17) is 0 Å². The summed E-state index contributed by atoms with van der Waals surface area (Å²) in [7, 11) is 1.29. The van der Waals surface area contributed by atoms with Gasteiger partial charge >= 0.3 is 5.97 Å². The molecule has 2 aromatic carbocycles. The third kappa shape index (κ3) is 5.77. The molecular formula is C22H18N2O6S. The standard InChI is InChI=1S/C22H18N2O6S/c1-29-22(26)17-4-8-19(9-5-17)24(28)13-21-11-10-20(31-21)12-23(27)18-6-2-16(3-7-18)14-30-15-25/h2-13,15H,14H2,1H3/b23-12-,24-13-. The first-order chi connectivity index (χ1) is 15.0. The Balaban J connectivity index is 1.71. The van der Waals surface area contributed by atoms with Gasteiger partial charge in [0.2, 0.25) is 11.4 Å². The van der Waals surface area contributed by atoms with E-state index in [9.17, 15) is 20.0 Å². The number of thiophene rings is 1. The normalized spacial score (nSPS) is 11.8. The van der Waals surface area contributed by atoms with Crippen LogP contribution in [-0.2, 0) is 20.9 Å². The Hall–Kier alpha value is -3.98. The van der Waals surface area contributed by atoms with Gasteiger partial charge in [-0.1, -0.05) is 0 Å². The summed E-state index contributed by atoms with van der Waals surface area (Å²) in [6.07, 6.45) is 2.81. The van der Waals surface area contributed by atoms with Gasteiger partial charge in [0.25, 0.3) is 6.47 Å². The van der Waals surface area contributed by atoms with Gasteiger partial charge in [0, 0.05) is 24.3 Å². The van der Waals surface area contributed by atoms with Crippen molar-refractivity contribution in [3.05, 3.63) is 92.0 Å². The van der Waals surface area contributed by atoms with E-state index in [2.05, 4.69) is 9.47 Å². The lowest BCUT2D eigenvalue weighted by atomic mass is 10.2. The second-order valence-corrected chi connectivity index (χ2v) is 7.41. The third-order valence-electron chi connectivity index (χ3n) is 4.19. The monoisotopic (exact) mass is 438 g/mol. The first-order valence-corrected chi connectivity index (χ1v) is 9.86. The Morgan fingerprint density at radius 2 is 1.42 bits per heavy atom. The Kier molecular flexibility index (Phi) is 7.13. The maximum absolute atomic E-state index is 12.4. The number of ether oxygens (including phenoxy) is 2. The SMILES string of the molecule is COC(=O)c1ccc(/[N+]([O-])=C/c2ccc(/C=[N+](\[O-])c3ccc(COC=O)cc3)s2)cc1. The molecule has 0 saturated heterocycles. The highest BCUT2D eigenvalue weighted by molar-refractivity contribution is 7.15. The van der Waals surface area contributed by atoms with E-state index in [1.165, 1.54) is 55.1 Å². The predicted octanol–water partition coefficient (Wildman–Crippen LogP) is 3.73. The molecule has 31 heavy (non-hydrogen) atoms. The number of rotatable bonds is 8. The van der Waals surface area contributed by atoms with Gasteiger partial charge in [0.1, 0.15) is 6.61 Å². The molecular weight excluding hydrogens is 420 g/mol. The molecule has 1 heterocycles. The summed E-state index contributed by atoms with van der Waals surface area (Å²) in [5, 5.41) is 24.7. The quantitative estimate of drug-likeness (QED) is 0.133. The Morgan fingerprint density at radius 3 is 1.90 bits per heavy atom. The summed E-state index contributed by atoms with van der Waals surface area (Å²) in [6, 6.07) is 16.2. The van der Waals surface area contributed by atoms with E-state index in [0.29, 0.717) is 37.9 Å². The van der Waals surface area contributed by atoms with Crippen LogP contribution in [0.15, 0.2) is 60.7 Å². The minimum atomic E-state index is -0.475. The van der Waals surface area contributed by atoms with E-state index < -0.39 is 5.97 Å². The molecule has 0 spiro atoms. The molecule has 158 valence electrons. The lowest BCUT2D eigenvalue weighted by Gasteiger charge is -2.04. The van der Waals surface area contributed by atoms with Gasteiger partial charge in [0.15, 0.2) is 12.4 Å². The molecule has 0 amide bonds. The highest BCUT2D eigenvalue weighted by atomic mass is 32.1. The number of hydrogen-bond donors (Lipinski definition) is 0. The molecule has 8 nitrogen and oxygen atoms in total. The summed E-state index contributed by atoms with van der Waals surface area (Å²) < 4.78 is 10.7. The van der Waals surface area contributed by atoms with Gasteiger partial charge in [-0.05, 0) is 42.0 Å². The Labute approximate surface area is 182 Å². The van der Waals surface area contributed by atoms with Gasteiger partial charge in [-0.25, -0.2) is 4.79 Å². The lowest BCUT2D eigenvalue weighted by Crippen LogP contribution is -2.02. The Morgan fingerprint density at radius 1 is 0.903 bits per heavy atom. The van der Waals surface area contributed by atoms with Crippen LogP contribution in [0, 0.1) is 10.4 Å². The molecule has 0 aliphatic heterocycles. The van der Waals surface area contributed by atoms with Crippen LogP contribution in [-0.4, -0.2) is 41.5 Å². The summed E-state index contributed by atoms with van der Waals surface area (Å²) in [6.45, 7) is 0.515. The fraction of sp³-hybridized carbons (Fsp3) is 0.0909. The van der Waals surface area contributed by atoms with Gasteiger partial charge < -0.3 is 19.9 Å². The summed E-state index contributed by atoms with van der Waals surface area (Å²) >= 11 is 1.28. The molecule has 0 saturated carbocycles. The number of methoxy groups -OCH3 is 1. The molecule has 3 rings (SSSR count). The van der Waals surface area contributed by atoms with Crippen molar-refractivity contribution in [1.29, 1.82) is 0 Å². The molecule has 0 unspecified atom stereocenters. The topological polar surface area (TPSA) is 105 Å². The van der Waals surface area contributed by atoms with Crippen molar-refractivity contribution in [2.75, 3.05) is 7.11 Å². The van der Waals surface area contributed by atoms with Crippen molar-refractivity contribution in [3.63, 3.8) is 0 Å². The van der Waals surface area contributed by atoms with Crippen LogP contribution in [0.5, 0.6) is 0 Å². The van der Waals surface area contributed by atoms with E-state index in [1.54, 1.807) is 36.4 Å². The molecule has 1 aromatic heterocycles. The average molecular weight is 438 g/mol. The first kappa shape index (κ1) is 21.7. The van der Waals surface area contributed by atoms with Crippen LogP contribution in [0.2, 0.25) is 0 Å². The zero-order chi connectivity index (χ0) is 22.2. The van der Waals surface area contributed by atoms with E-state index >= 15 is 0 Å². The van der Waals surface area contributed by atoms with Crippen LogP contribution in [0.1, 0.15) is 25.7 Å². The van der Waals surface area contributed by atoms with E-state index in [1.807, 2.05) is 0 Å². The highest BCUT2D eigenvalue weighted by Gasteiger charge is 2.09. The summed E-state index contributed by atoms with van der Waals surface area (Å²) in [5.41, 5.74) is 1.90. The van der Waals surface area contributed by atoms with Gasteiger partial charge in [-0.15, -0.1) is 11.3 Å². The van der Waals surface area contributed by atoms with Crippen molar-refractivity contribution in [3.8, 4) is 0 Å². The van der Waals surface area contributed by atoms with Crippen LogP contribution in [0.4, 0.5) is 11.4 Å². The maximum Gasteiger partial charge on any atom is 0.337 e. The molecule has 9 heteroatoms. The second-order valence-electron chi connectivity index (χ2n) is 6.26. The fourth-order valence-corrected chi connectivity index (χ4v) is 3.46. The average Bonchev–Trinajstić information content (AvgIpc) is 3.24. The van der Waals surface area contributed by atoms with E-state index in [-0.39, 0.29) is 6.61 Å². The smallest absolute Gasteiger partial charge is 0.337 e. The number of hydrogen-bond acceptors (Lipinski definition) is 7. The summed E-state index contributed by atoms with van der Waals surface area (Å²) in [5.74, 6) is -0.475. The van der Waals surface area contributed by atoms with Crippen molar-refractivity contribution in [2.24, 2.45) is 0 Å². The van der Waals surface area contributed by atoms with Crippen molar-refractivity contribution >= 4 is 47.6 Å². The highest BCUT2D eigenvalue weighted by Crippen LogP contribution is 2.18. The summed E-state index contributed by atoms with van der Waals surface area (Å²) in [4.78, 5) is 23.0. The molecule has 0 aliphatic rings. The minimum Gasteiger partial charge on any atom is -0.618 e. The van der Waals surface area contributed by atoms with Crippen LogP contribution in [0.3, 0.4) is 0 Å². The zero-order valence-corrected chi connectivity index (χ0v) is 17.3. The predicted molar refractivity (Wildman–Crippen MR) is 116 cm³/mol. The van der Waals surface area contributed by atoms with Crippen molar-refractivity contribution in [1.82, 2.24) is 0 Å². The molecule has 0 bridgehead atoms. The van der Waals surface area contributed by atoms with Crippen LogP contribution < -0.4 is 0 Å². The molecule has 0 fully saturated rings. The first-order valence-electron chi connectivity index (χ1n) is 9.05. The number of benzene rings is 2. The molecule has 0 radical (unpaired) electrons. The van der Waals surface area contributed by atoms with Crippen LogP contribution in [0.25, 0.3) is 0 Å². The number of nitrogens with zero attached hydrogens (tertiary/aromatic N) is 2. The van der Waals surface area contributed by atoms with Gasteiger partial charge in [0.05, 0.1) is 22.4 Å². The number of carbonyl (C=O) groups excluding carboxylic acids is 2. The maximum atomic E-state index is 12.4. The molecule has 0 aliphatic carbocycles. The molecule has 3 aromatic rings. The van der Waals surface area contributed by atoms with Gasteiger partial charge in [-0.2, -0.15) is 9.48 Å². The second kappa shape index (κ2) is 10.2.